The summed E-state index contributed by atoms with van der Waals surface area (Å²) in [4.78, 5) is 1.38. The van der Waals surface area contributed by atoms with Crippen LogP contribution in [0.5, 0.6) is 0 Å². The SMILES string of the molecule is Fc1cc(F)cc(N(c2cc(F)cc(F)c2)c2cccc(Nc3ccccc3)c2)c1. The molecule has 0 atom stereocenters. The zero-order chi connectivity index (χ0) is 21.1. The molecule has 0 bridgehead atoms. The van der Waals surface area contributed by atoms with E-state index < -0.39 is 23.3 Å². The lowest BCUT2D eigenvalue weighted by atomic mass is 10.1. The summed E-state index contributed by atoms with van der Waals surface area (Å²) >= 11 is 0. The molecule has 4 aromatic carbocycles. The van der Waals surface area contributed by atoms with E-state index in [1.54, 1.807) is 18.2 Å². The van der Waals surface area contributed by atoms with Crippen LogP contribution in [0.3, 0.4) is 0 Å². The highest BCUT2D eigenvalue weighted by Crippen LogP contribution is 2.37. The molecule has 0 fully saturated rings. The molecule has 4 rings (SSSR count). The van der Waals surface area contributed by atoms with E-state index in [1.165, 1.54) is 4.90 Å². The van der Waals surface area contributed by atoms with Crippen molar-refractivity contribution in [2.75, 3.05) is 10.2 Å². The summed E-state index contributed by atoms with van der Waals surface area (Å²) in [6, 6.07) is 22.2. The van der Waals surface area contributed by atoms with Crippen LogP contribution in [-0.2, 0) is 0 Å². The summed E-state index contributed by atoms with van der Waals surface area (Å²) in [5, 5.41) is 3.22. The maximum atomic E-state index is 13.9. The van der Waals surface area contributed by atoms with Gasteiger partial charge in [0.1, 0.15) is 23.3 Å². The third kappa shape index (κ3) is 4.43. The summed E-state index contributed by atoms with van der Waals surface area (Å²) in [6.45, 7) is 0. The number of halogens is 4. The lowest BCUT2D eigenvalue weighted by molar-refractivity contribution is 0.582. The van der Waals surface area contributed by atoms with Gasteiger partial charge in [-0.25, -0.2) is 17.6 Å². The van der Waals surface area contributed by atoms with Crippen LogP contribution in [0.25, 0.3) is 0 Å². The first kappa shape index (κ1) is 19.5. The molecule has 2 nitrogen and oxygen atoms in total. The average molecular weight is 408 g/mol. The van der Waals surface area contributed by atoms with Gasteiger partial charge in [0.2, 0.25) is 0 Å². The van der Waals surface area contributed by atoms with Crippen molar-refractivity contribution in [1.82, 2.24) is 0 Å². The number of anilines is 5. The fourth-order valence-corrected chi connectivity index (χ4v) is 3.19. The van der Waals surface area contributed by atoms with Crippen molar-refractivity contribution in [3.8, 4) is 0 Å². The molecule has 0 aromatic heterocycles. The molecule has 0 unspecified atom stereocenters. The van der Waals surface area contributed by atoms with Crippen molar-refractivity contribution in [2.45, 2.75) is 0 Å². The summed E-state index contributed by atoms with van der Waals surface area (Å²) < 4.78 is 55.7. The van der Waals surface area contributed by atoms with E-state index in [0.29, 0.717) is 11.4 Å². The van der Waals surface area contributed by atoms with Gasteiger partial charge in [0.25, 0.3) is 0 Å². The molecule has 0 saturated heterocycles. The topological polar surface area (TPSA) is 15.3 Å². The summed E-state index contributed by atoms with van der Waals surface area (Å²) in [7, 11) is 0. The van der Waals surface area contributed by atoms with E-state index in [0.717, 1.165) is 42.1 Å². The molecule has 150 valence electrons. The highest BCUT2D eigenvalue weighted by atomic mass is 19.1. The molecular weight excluding hydrogens is 392 g/mol. The van der Waals surface area contributed by atoms with Crippen LogP contribution >= 0.6 is 0 Å². The molecule has 0 spiro atoms. The standard InChI is InChI=1S/C24H16F4N2/c25-16-9-17(26)12-23(11-16)30(24-13-18(27)10-19(28)14-24)22-8-4-7-21(15-22)29-20-5-2-1-3-6-20/h1-15,29H. The highest BCUT2D eigenvalue weighted by Gasteiger charge is 2.17. The Morgan fingerprint density at radius 1 is 0.467 bits per heavy atom. The molecule has 0 aliphatic heterocycles. The van der Waals surface area contributed by atoms with Crippen LogP contribution in [0.15, 0.2) is 91.0 Å². The quantitative estimate of drug-likeness (QED) is 0.345. The number of hydrogen-bond donors (Lipinski definition) is 1. The third-order valence-corrected chi connectivity index (χ3v) is 4.38. The van der Waals surface area contributed by atoms with Crippen molar-refractivity contribution in [1.29, 1.82) is 0 Å². The Morgan fingerprint density at radius 2 is 0.967 bits per heavy atom. The normalized spacial score (nSPS) is 10.7. The van der Waals surface area contributed by atoms with Crippen LogP contribution in [0.2, 0.25) is 0 Å². The summed E-state index contributed by atoms with van der Waals surface area (Å²) in [6.07, 6.45) is 0. The fraction of sp³-hybridized carbons (Fsp3) is 0. The Bertz CT molecular complexity index is 1090. The number of hydrogen-bond acceptors (Lipinski definition) is 2. The minimum atomic E-state index is -0.801. The number of nitrogens with one attached hydrogen (secondary N) is 1. The number of rotatable bonds is 5. The van der Waals surface area contributed by atoms with E-state index in [9.17, 15) is 17.6 Å². The molecule has 6 heteroatoms. The van der Waals surface area contributed by atoms with Crippen LogP contribution in [0.1, 0.15) is 0 Å². The molecule has 30 heavy (non-hydrogen) atoms. The maximum Gasteiger partial charge on any atom is 0.128 e. The van der Waals surface area contributed by atoms with Crippen molar-refractivity contribution in [3.05, 3.63) is 114 Å². The Labute approximate surface area is 171 Å². The van der Waals surface area contributed by atoms with Gasteiger partial charge in [0.05, 0.1) is 11.4 Å². The van der Waals surface area contributed by atoms with E-state index in [-0.39, 0.29) is 11.4 Å². The predicted molar refractivity (Wildman–Crippen MR) is 111 cm³/mol. The van der Waals surface area contributed by atoms with Crippen molar-refractivity contribution >= 4 is 28.4 Å². The first-order valence-corrected chi connectivity index (χ1v) is 9.12. The van der Waals surface area contributed by atoms with E-state index in [4.69, 9.17) is 0 Å². The highest BCUT2D eigenvalue weighted by molar-refractivity contribution is 5.79. The van der Waals surface area contributed by atoms with Crippen molar-refractivity contribution in [3.63, 3.8) is 0 Å². The fourth-order valence-electron chi connectivity index (χ4n) is 3.19. The van der Waals surface area contributed by atoms with E-state index in [2.05, 4.69) is 5.32 Å². The molecule has 0 aliphatic rings. The molecule has 0 radical (unpaired) electrons. The first-order valence-electron chi connectivity index (χ1n) is 9.12. The third-order valence-electron chi connectivity index (χ3n) is 4.38. The molecule has 0 saturated carbocycles. The second kappa shape index (κ2) is 8.29. The maximum absolute atomic E-state index is 13.9. The van der Waals surface area contributed by atoms with Gasteiger partial charge in [0.15, 0.2) is 0 Å². The first-order chi connectivity index (χ1) is 14.5. The largest absolute Gasteiger partial charge is 0.355 e. The molecule has 0 amide bonds. The minimum absolute atomic E-state index is 0.0920. The Hall–Kier alpha value is -3.80. The zero-order valence-corrected chi connectivity index (χ0v) is 15.6. The average Bonchev–Trinajstić information content (AvgIpc) is 2.68. The van der Waals surface area contributed by atoms with Gasteiger partial charge >= 0.3 is 0 Å². The van der Waals surface area contributed by atoms with Crippen molar-refractivity contribution in [2.24, 2.45) is 0 Å². The van der Waals surface area contributed by atoms with Crippen LogP contribution in [-0.4, -0.2) is 0 Å². The van der Waals surface area contributed by atoms with Gasteiger partial charge in [-0.2, -0.15) is 0 Å². The second-order valence-electron chi connectivity index (χ2n) is 6.63. The van der Waals surface area contributed by atoms with Gasteiger partial charge in [-0.15, -0.1) is 0 Å². The Morgan fingerprint density at radius 3 is 1.50 bits per heavy atom. The minimum Gasteiger partial charge on any atom is -0.355 e. The van der Waals surface area contributed by atoms with Crippen LogP contribution < -0.4 is 10.2 Å². The van der Waals surface area contributed by atoms with Gasteiger partial charge in [-0.05, 0) is 54.6 Å². The monoisotopic (exact) mass is 408 g/mol. The Balaban J connectivity index is 1.82. The molecule has 1 N–H and O–H groups in total. The number of para-hydroxylation sites is 1. The van der Waals surface area contributed by atoms with Crippen molar-refractivity contribution < 1.29 is 17.6 Å². The van der Waals surface area contributed by atoms with E-state index >= 15 is 0 Å². The Kier molecular flexibility index (Phi) is 5.39. The van der Waals surface area contributed by atoms with Gasteiger partial charge in [-0.3, -0.25) is 0 Å². The summed E-state index contributed by atoms with van der Waals surface area (Å²) in [5.41, 5.74) is 2.18. The van der Waals surface area contributed by atoms with Crippen LogP contribution in [0.4, 0.5) is 46.0 Å². The van der Waals surface area contributed by atoms with Gasteiger partial charge in [-0.1, -0.05) is 24.3 Å². The molecular formula is C24H16F4N2. The predicted octanol–water partition coefficient (Wildman–Crippen LogP) is 7.46. The molecule has 0 aliphatic carbocycles. The van der Waals surface area contributed by atoms with Crippen LogP contribution in [0, 0.1) is 23.3 Å². The lowest BCUT2D eigenvalue weighted by Crippen LogP contribution is -2.11. The molecule has 0 heterocycles. The van der Waals surface area contributed by atoms with Gasteiger partial charge < -0.3 is 10.2 Å². The second-order valence-corrected chi connectivity index (χ2v) is 6.63. The number of benzene rings is 4. The number of nitrogens with zero attached hydrogens (tertiary/aromatic N) is 1. The molecule has 4 aromatic rings. The van der Waals surface area contributed by atoms with Gasteiger partial charge in [0, 0.05) is 29.2 Å². The zero-order valence-electron chi connectivity index (χ0n) is 15.6. The summed E-state index contributed by atoms with van der Waals surface area (Å²) in [5.74, 6) is -3.20. The lowest BCUT2D eigenvalue weighted by Gasteiger charge is -2.26. The smallest absolute Gasteiger partial charge is 0.128 e. The van der Waals surface area contributed by atoms with E-state index in [1.807, 2.05) is 36.4 Å².